The third kappa shape index (κ3) is 0.948. The van der Waals surface area contributed by atoms with Crippen LogP contribution in [0.25, 0.3) is 0 Å². The first-order valence-corrected chi connectivity index (χ1v) is 4.20. The Morgan fingerprint density at radius 3 is 3.09 bits per heavy atom. The first-order valence-electron chi connectivity index (χ1n) is 4.20. The molecule has 2 fully saturated rings. The highest BCUT2D eigenvalue weighted by atomic mass is 16.4. The van der Waals surface area contributed by atoms with Crippen LogP contribution >= 0.6 is 0 Å². The van der Waals surface area contributed by atoms with Gasteiger partial charge in [0.15, 0.2) is 0 Å². The average molecular weight is 155 g/mol. The molecule has 2 bridgehead atoms. The lowest BCUT2D eigenvalue weighted by Gasteiger charge is -2.26. The number of rotatable bonds is 1. The van der Waals surface area contributed by atoms with Crippen molar-refractivity contribution in [1.82, 2.24) is 5.32 Å². The van der Waals surface area contributed by atoms with Crippen molar-refractivity contribution in [2.45, 2.75) is 31.7 Å². The number of aliphatic carboxylic acids is 1. The lowest BCUT2D eigenvalue weighted by Crippen LogP contribution is -2.33. The Morgan fingerprint density at radius 1 is 1.64 bits per heavy atom. The number of carboxylic acids is 1. The Labute approximate surface area is 65.8 Å². The van der Waals surface area contributed by atoms with Crippen LogP contribution in [0.5, 0.6) is 0 Å². The van der Waals surface area contributed by atoms with Crippen molar-refractivity contribution in [2.75, 3.05) is 6.54 Å². The number of nitrogens with one attached hydrogen (secondary N) is 1. The summed E-state index contributed by atoms with van der Waals surface area (Å²) in [6, 6.07) is 0.486. The van der Waals surface area contributed by atoms with E-state index in [1.165, 1.54) is 0 Å². The molecule has 2 N–H and O–H groups in total. The smallest absolute Gasteiger partial charge is 0.310 e. The maximum Gasteiger partial charge on any atom is 0.310 e. The summed E-state index contributed by atoms with van der Waals surface area (Å²) in [6.45, 7) is 0.687. The molecule has 0 aromatic carbocycles. The van der Waals surface area contributed by atoms with E-state index in [9.17, 15) is 4.79 Å². The summed E-state index contributed by atoms with van der Waals surface area (Å²) in [5.74, 6) is -0.604. The summed E-state index contributed by atoms with van der Waals surface area (Å²) in [6.07, 6.45) is 3.95. The second kappa shape index (κ2) is 2.21. The van der Waals surface area contributed by atoms with Crippen LogP contribution in [0.2, 0.25) is 0 Å². The second-order valence-corrected chi connectivity index (χ2v) is 3.76. The highest BCUT2D eigenvalue weighted by molar-refractivity contribution is 5.75. The molecule has 0 aromatic rings. The normalized spacial score (nSPS) is 42.4. The van der Waals surface area contributed by atoms with Gasteiger partial charge in [0.25, 0.3) is 0 Å². The van der Waals surface area contributed by atoms with Crippen LogP contribution in [-0.4, -0.2) is 23.7 Å². The van der Waals surface area contributed by atoms with Crippen LogP contribution in [0.15, 0.2) is 0 Å². The van der Waals surface area contributed by atoms with Crippen molar-refractivity contribution in [3.8, 4) is 0 Å². The van der Waals surface area contributed by atoms with E-state index in [4.69, 9.17) is 5.11 Å². The maximum atomic E-state index is 10.9. The molecule has 0 aromatic heterocycles. The van der Waals surface area contributed by atoms with E-state index in [1.54, 1.807) is 0 Å². The fourth-order valence-corrected chi connectivity index (χ4v) is 2.31. The van der Waals surface area contributed by atoms with Crippen LogP contribution in [0.3, 0.4) is 0 Å². The molecule has 0 amide bonds. The van der Waals surface area contributed by atoms with Gasteiger partial charge in [-0.3, -0.25) is 4.79 Å². The van der Waals surface area contributed by atoms with Gasteiger partial charge in [-0.05, 0) is 19.3 Å². The summed E-state index contributed by atoms with van der Waals surface area (Å²) < 4.78 is 0. The van der Waals surface area contributed by atoms with Crippen LogP contribution in [0, 0.1) is 5.41 Å². The van der Waals surface area contributed by atoms with E-state index in [0.29, 0.717) is 12.6 Å². The molecule has 2 atom stereocenters. The van der Waals surface area contributed by atoms with Gasteiger partial charge in [-0.25, -0.2) is 0 Å². The third-order valence-electron chi connectivity index (χ3n) is 3.03. The molecule has 3 heteroatoms. The molecule has 3 nitrogen and oxygen atoms in total. The van der Waals surface area contributed by atoms with E-state index in [0.717, 1.165) is 25.7 Å². The van der Waals surface area contributed by atoms with Crippen molar-refractivity contribution in [2.24, 2.45) is 5.41 Å². The van der Waals surface area contributed by atoms with Gasteiger partial charge in [0.1, 0.15) is 0 Å². The van der Waals surface area contributed by atoms with Crippen LogP contribution in [-0.2, 0) is 4.79 Å². The number of fused-ring (bicyclic) bond motifs is 2. The van der Waals surface area contributed by atoms with Gasteiger partial charge in [-0.2, -0.15) is 0 Å². The fraction of sp³-hybridized carbons (Fsp3) is 0.875. The molecule has 1 heterocycles. The number of hydrogen-bond donors (Lipinski definition) is 2. The Bertz CT molecular complexity index is 189. The number of hydrogen-bond acceptors (Lipinski definition) is 2. The largest absolute Gasteiger partial charge is 0.481 e. The van der Waals surface area contributed by atoms with Gasteiger partial charge < -0.3 is 10.4 Å². The minimum atomic E-state index is -0.604. The topological polar surface area (TPSA) is 49.3 Å². The first kappa shape index (κ1) is 7.10. The van der Waals surface area contributed by atoms with E-state index in [2.05, 4.69) is 5.32 Å². The lowest BCUT2D eigenvalue weighted by molar-refractivity contribution is -0.148. The summed E-state index contributed by atoms with van der Waals surface area (Å²) in [7, 11) is 0. The van der Waals surface area contributed by atoms with E-state index in [1.807, 2.05) is 0 Å². The lowest BCUT2D eigenvalue weighted by atomic mass is 9.76. The molecule has 1 aliphatic carbocycles. The highest BCUT2D eigenvalue weighted by Gasteiger charge is 2.47. The maximum absolute atomic E-state index is 10.9. The van der Waals surface area contributed by atoms with Crippen molar-refractivity contribution in [1.29, 1.82) is 0 Å². The molecule has 0 spiro atoms. The van der Waals surface area contributed by atoms with E-state index < -0.39 is 11.4 Å². The standard InChI is InChI=1S/C8H13NO2/c10-7(11)8-3-1-2-6(4-8)9-5-8/h6,9H,1-5H2,(H,10,11)/t6-,8-/m1/s1. The predicted octanol–water partition coefficient (Wildman–Crippen LogP) is 0.603. The fourth-order valence-electron chi connectivity index (χ4n) is 2.31. The SMILES string of the molecule is O=C(O)[C@]12CCC[C@H](C1)NC2. The average Bonchev–Trinajstić information content (AvgIpc) is 2.29. The van der Waals surface area contributed by atoms with Gasteiger partial charge in [0.05, 0.1) is 5.41 Å². The molecule has 0 radical (unpaired) electrons. The molecule has 11 heavy (non-hydrogen) atoms. The van der Waals surface area contributed by atoms with Crippen LogP contribution in [0.4, 0.5) is 0 Å². The first-order chi connectivity index (χ1) is 5.23. The van der Waals surface area contributed by atoms with Gasteiger partial charge in [0, 0.05) is 12.6 Å². The summed E-state index contributed by atoms with van der Waals surface area (Å²) in [4.78, 5) is 10.9. The zero-order valence-corrected chi connectivity index (χ0v) is 6.47. The van der Waals surface area contributed by atoms with Gasteiger partial charge in [-0.15, -0.1) is 0 Å². The Hall–Kier alpha value is -0.570. The van der Waals surface area contributed by atoms with Gasteiger partial charge in [-0.1, -0.05) is 6.42 Å². The Morgan fingerprint density at radius 2 is 2.45 bits per heavy atom. The zero-order valence-electron chi connectivity index (χ0n) is 6.47. The van der Waals surface area contributed by atoms with Crippen molar-refractivity contribution >= 4 is 5.97 Å². The summed E-state index contributed by atoms with van der Waals surface area (Å²) >= 11 is 0. The van der Waals surface area contributed by atoms with E-state index >= 15 is 0 Å². The van der Waals surface area contributed by atoms with Gasteiger partial charge in [0.2, 0.25) is 0 Å². The molecule has 2 aliphatic rings. The molecule has 0 unspecified atom stereocenters. The predicted molar refractivity (Wildman–Crippen MR) is 40.3 cm³/mol. The summed E-state index contributed by atoms with van der Waals surface area (Å²) in [5.41, 5.74) is -0.400. The monoisotopic (exact) mass is 155 g/mol. The molecule has 2 rings (SSSR count). The van der Waals surface area contributed by atoms with Crippen LogP contribution < -0.4 is 5.32 Å². The molecular weight excluding hydrogens is 142 g/mol. The van der Waals surface area contributed by atoms with Gasteiger partial charge >= 0.3 is 5.97 Å². The van der Waals surface area contributed by atoms with Crippen molar-refractivity contribution < 1.29 is 9.90 Å². The second-order valence-electron chi connectivity index (χ2n) is 3.76. The number of carbonyl (C=O) groups is 1. The molecule has 62 valence electrons. The summed E-state index contributed by atoms with van der Waals surface area (Å²) in [5, 5.41) is 12.2. The Balaban J connectivity index is 2.19. The molecule has 1 saturated heterocycles. The zero-order chi connectivity index (χ0) is 7.90. The quantitative estimate of drug-likeness (QED) is 0.583. The van der Waals surface area contributed by atoms with Crippen LogP contribution in [0.1, 0.15) is 25.7 Å². The van der Waals surface area contributed by atoms with Crippen molar-refractivity contribution in [3.63, 3.8) is 0 Å². The third-order valence-corrected chi connectivity index (χ3v) is 3.03. The van der Waals surface area contributed by atoms with Crippen molar-refractivity contribution in [3.05, 3.63) is 0 Å². The number of carboxylic acid groups (broad SMARTS) is 1. The minimum Gasteiger partial charge on any atom is -0.481 e. The highest BCUT2D eigenvalue weighted by Crippen LogP contribution is 2.40. The molecular formula is C8H13NO2. The van der Waals surface area contributed by atoms with E-state index in [-0.39, 0.29) is 0 Å². The minimum absolute atomic E-state index is 0.400. The Kier molecular flexibility index (Phi) is 1.42. The molecule has 1 saturated carbocycles. The molecule has 1 aliphatic heterocycles.